The summed E-state index contributed by atoms with van der Waals surface area (Å²) in [5.74, 6) is -0.214. The van der Waals surface area contributed by atoms with Crippen molar-refractivity contribution in [3.8, 4) is 11.4 Å². The Morgan fingerprint density at radius 1 is 1.20 bits per heavy atom. The second-order valence-electron chi connectivity index (χ2n) is 7.17. The molecule has 0 unspecified atom stereocenters. The Balaban J connectivity index is 1.34. The monoisotopic (exact) mass is 425 g/mol. The van der Waals surface area contributed by atoms with Crippen LogP contribution in [-0.4, -0.2) is 46.1 Å². The van der Waals surface area contributed by atoms with Crippen molar-refractivity contribution in [1.29, 1.82) is 0 Å². The third kappa shape index (κ3) is 4.92. The zero-order chi connectivity index (χ0) is 20.9. The predicted octanol–water partition coefficient (Wildman–Crippen LogP) is 2.81. The zero-order valence-electron chi connectivity index (χ0n) is 16.6. The molecule has 1 aliphatic rings. The lowest BCUT2D eigenvalue weighted by molar-refractivity contribution is -0.115. The van der Waals surface area contributed by atoms with Gasteiger partial charge in [0.1, 0.15) is 5.69 Å². The smallest absolute Gasteiger partial charge is 0.253 e. The lowest BCUT2D eigenvalue weighted by Gasteiger charge is -2.21. The fourth-order valence-electron chi connectivity index (χ4n) is 3.33. The molecule has 0 saturated carbocycles. The van der Waals surface area contributed by atoms with E-state index >= 15 is 0 Å². The molecule has 2 amide bonds. The molecular weight excluding hydrogens is 402 g/mol. The van der Waals surface area contributed by atoms with Crippen LogP contribution >= 0.6 is 11.3 Å². The highest BCUT2D eigenvalue weighted by Crippen LogP contribution is 2.28. The lowest BCUT2D eigenvalue weighted by Crippen LogP contribution is -2.32. The molecule has 1 saturated heterocycles. The fourth-order valence-corrected chi connectivity index (χ4v) is 4.05. The molecule has 156 valence electrons. The molecular formula is C21H23N5O3S. The molecule has 1 fully saturated rings. The molecule has 3 aromatic rings. The van der Waals surface area contributed by atoms with E-state index in [0.717, 1.165) is 43.1 Å². The molecule has 0 aromatic carbocycles. The normalized spacial score (nSPS) is 14.4. The molecule has 1 aliphatic heterocycles. The molecule has 3 aromatic heterocycles. The SMILES string of the molecule is Cn1ccc(C(=O)NCC(=O)Nc2nc(-c3cccc(C4CCOCC4)n3)cs2)c1. The number of hydrogen-bond acceptors (Lipinski definition) is 6. The van der Waals surface area contributed by atoms with Gasteiger partial charge in [-0.05, 0) is 31.0 Å². The molecule has 4 rings (SSSR count). The van der Waals surface area contributed by atoms with Crippen molar-refractivity contribution in [2.45, 2.75) is 18.8 Å². The van der Waals surface area contributed by atoms with Crippen LogP contribution in [0.2, 0.25) is 0 Å². The number of nitrogens with one attached hydrogen (secondary N) is 2. The van der Waals surface area contributed by atoms with Crippen LogP contribution in [0.1, 0.15) is 34.8 Å². The van der Waals surface area contributed by atoms with Crippen LogP contribution in [0.5, 0.6) is 0 Å². The highest BCUT2D eigenvalue weighted by atomic mass is 32.1. The molecule has 0 bridgehead atoms. The first kappa shape index (κ1) is 20.2. The van der Waals surface area contributed by atoms with E-state index in [2.05, 4.69) is 15.6 Å². The number of thiazole rings is 1. The van der Waals surface area contributed by atoms with Gasteiger partial charge >= 0.3 is 0 Å². The average Bonchev–Trinajstić information content (AvgIpc) is 3.42. The summed E-state index contributed by atoms with van der Waals surface area (Å²) in [7, 11) is 1.83. The average molecular weight is 426 g/mol. The number of amides is 2. The van der Waals surface area contributed by atoms with Crippen molar-refractivity contribution in [3.05, 3.63) is 53.3 Å². The molecule has 0 atom stereocenters. The van der Waals surface area contributed by atoms with Gasteiger partial charge in [-0.1, -0.05) is 6.07 Å². The number of carbonyl (C=O) groups excluding carboxylic acids is 2. The summed E-state index contributed by atoms with van der Waals surface area (Å²) < 4.78 is 7.21. The van der Waals surface area contributed by atoms with Gasteiger partial charge in [0.2, 0.25) is 5.91 Å². The lowest BCUT2D eigenvalue weighted by atomic mass is 9.96. The van der Waals surface area contributed by atoms with Crippen LogP contribution in [0, 0.1) is 0 Å². The van der Waals surface area contributed by atoms with Crippen LogP contribution in [0.4, 0.5) is 5.13 Å². The van der Waals surface area contributed by atoms with Gasteiger partial charge in [0, 0.05) is 49.6 Å². The number of anilines is 1. The Labute approximate surface area is 178 Å². The van der Waals surface area contributed by atoms with E-state index in [4.69, 9.17) is 9.72 Å². The molecule has 4 heterocycles. The Morgan fingerprint density at radius 3 is 2.80 bits per heavy atom. The number of ether oxygens (including phenoxy) is 1. The minimum absolute atomic E-state index is 0.125. The molecule has 2 N–H and O–H groups in total. The standard InChI is InChI=1S/C21H23N5O3S/c1-26-8-5-15(12-26)20(28)22-11-19(27)25-21-24-18(13-30-21)17-4-2-3-16(23-17)14-6-9-29-10-7-14/h2-5,8,12-14H,6-7,9-11H2,1H3,(H,22,28)(H,24,25,27). The Bertz CT molecular complexity index is 1040. The van der Waals surface area contributed by atoms with Crippen molar-refractivity contribution >= 4 is 28.3 Å². The van der Waals surface area contributed by atoms with Gasteiger partial charge in [0.05, 0.1) is 17.8 Å². The van der Waals surface area contributed by atoms with Gasteiger partial charge in [-0.3, -0.25) is 14.6 Å². The van der Waals surface area contributed by atoms with E-state index in [9.17, 15) is 9.59 Å². The van der Waals surface area contributed by atoms with E-state index in [1.807, 2.05) is 30.6 Å². The maximum atomic E-state index is 12.2. The van der Waals surface area contributed by atoms with E-state index in [1.165, 1.54) is 11.3 Å². The number of aryl methyl sites for hydroxylation is 1. The summed E-state index contributed by atoms with van der Waals surface area (Å²) in [4.78, 5) is 33.5. The molecule has 0 radical (unpaired) electrons. The quantitative estimate of drug-likeness (QED) is 0.633. The molecule has 30 heavy (non-hydrogen) atoms. The predicted molar refractivity (Wildman–Crippen MR) is 115 cm³/mol. The van der Waals surface area contributed by atoms with Gasteiger partial charge in [-0.15, -0.1) is 11.3 Å². The van der Waals surface area contributed by atoms with Gasteiger partial charge in [0.15, 0.2) is 5.13 Å². The van der Waals surface area contributed by atoms with Gasteiger partial charge in [-0.2, -0.15) is 0 Å². The third-order valence-corrected chi connectivity index (χ3v) is 5.68. The minimum Gasteiger partial charge on any atom is -0.381 e. The second kappa shape index (κ2) is 9.19. The summed E-state index contributed by atoms with van der Waals surface area (Å²) in [5, 5.41) is 7.67. The highest BCUT2D eigenvalue weighted by molar-refractivity contribution is 7.14. The molecule has 0 aliphatic carbocycles. The van der Waals surface area contributed by atoms with Crippen molar-refractivity contribution in [1.82, 2.24) is 19.9 Å². The van der Waals surface area contributed by atoms with E-state index in [1.54, 1.807) is 23.0 Å². The van der Waals surface area contributed by atoms with E-state index in [-0.39, 0.29) is 18.4 Å². The first-order valence-corrected chi connectivity index (χ1v) is 10.7. The number of carbonyl (C=O) groups is 2. The summed E-state index contributed by atoms with van der Waals surface area (Å²) in [6.45, 7) is 1.41. The van der Waals surface area contributed by atoms with E-state index in [0.29, 0.717) is 16.6 Å². The van der Waals surface area contributed by atoms with Crippen LogP contribution in [-0.2, 0) is 16.6 Å². The summed E-state index contributed by atoms with van der Waals surface area (Å²) in [6, 6.07) is 7.65. The maximum Gasteiger partial charge on any atom is 0.253 e. The number of hydrogen-bond donors (Lipinski definition) is 2. The van der Waals surface area contributed by atoms with Gasteiger partial charge < -0.3 is 19.9 Å². The number of aromatic nitrogens is 3. The highest BCUT2D eigenvalue weighted by Gasteiger charge is 2.18. The Hall–Kier alpha value is -3.04. The van der Waals surface area contributed by atoms with Crippen molar-refractivity contribution in [3.63, 3.8) is 0 Å². The van der Waals surface area contributed by atoms with Crippen LogP contribution in [0.15, 0.2) is 42.0 Å². The van der Waals surface area contributed by atoms with Crippen LogP contribution < -0.4 is 10.6 Å². The topological polar surface area (TPSA) is 98.1 Å². The summed E-state index contributed by atoms with van der Waals surface area (Å²) in [6.07, 6.45) is 5.42. The van der Waals surface area contributed by atoms with E-state index < -0.39 is 0 Å². The fraction of sp³-hybridized carbons (Fsp3) is 0.333. The van der Waals surface area contributed by atoms with Crippen molar-refractivity contribution < 1.29 is 14.3 Å². The second-order valence-corrected chi connectivity index (χ2v) is 8.03. The van der Waals surface area contributed by atoms with Gasteiger partial charge in [0.25, 0.3) is 5.91 Å². The third-order valence-electron chi connectivity index (χ3n) is 4.93. The Morgan fingerprint density at radius 2 is 2.03 bits per heavy atom. The zero-order valence-corrected chi connectivity index (χ0v) is 17.4. The summed E-state index contributed by atoms with van der Waals surface area (Å²) in [5.41, 5.74) is 3.07. The Kier molecular flexibility index (Phi) is 6.20. The molecule has 0 spiro atoms. The van der Waals surface area contributed by atoms with Crippen molar-refractivity contribution in [2.75, 3.05) is 25.1 Å². The number of nitrogens with zero attached hydrogens (tertiary/aromatic N) is 3. The maximum absolute atomic E-state index is 12.2. The van der Waals surface area contributed by atoms with Crippen molar-refractivity contribution in [2.24, 2.45) is 7.05 Å². The first-order valence-electron chi connectivity index (χ1n) is 9.79. The number of pyridine rings is 1. The molecule has 9 heteroatoms. The minimum atomic E-state index is -0.330. The largest absolute Gasteiger partial charge is 0.381 e. The van der Waals surface area contributed by atoms with Crippen LogP contribution in [0.3, 0.4) is 0 Å². The summed E-state index contributed by atoms with van der Waals surface area (Å²) >= 11 is 1.33. The molecule has 8 nitrogen and oxygen atoms in total. The first-order chi connectivity index (χ1) is 14.6. The number of rotatable bonds is 6. The van der Waals surface area contributed by atoms with Gasteiger partial charge in [-0.25, -0.2) is 4.98 Å². The van der Waals surface area contributed by atoms with Crippen LogP contribution in [0.25, 0.3) is 11.4 Å².